The van der Waals surface area contributed by atoms with E-state index in [2.05, 4.69) is 51.0 Å². The van der Waals surface area contributed by atoms with Crippen LogP contribution in [0.25, 0.3) is 0 Å². The molecular formula is C14H16BrNS. The van der Waals surface area contributed by atoms with Crippen molar-refractivity contribution in [2.24, 2.45) is 11.7 Å². The van der Waals surface area contributed by atoms with Crippen LogP contribution in [0.1, 0.15) is 11.1 Å². The van der Waals surface area contributed by atoms with E-state index >= 15 is 0 Å². The van der Waals surface area contributed by atoms with Crippen molar-refractivity contribution < 1.29 is 0 Å². The van der Waals surface area contributed by atoms with Crippen molar-refractivity contribution >= 4 is 27.3 Å². The summed E-state index contributed by atoms with van der Waals surface area (Å²) in [6, 6.07) is 10.6. The van der Waals surface area contributed by atoms with Crippen LogP contribution in [0.3, 0.4) is 0 Å². The lowest BCUT2D eigenvalue weighted by Gasteiger charge is -2.15. The molecule has 90 valence electrons. The van der Waals surface area contributed by atoms with Gasteiger partial charge in [0.15, 0.2) is 0 Å². The van der Waals surface area contributed by atoms with Crippen LogP contribution in [0.15, 0.2) is 45.6 Å². The van der Waals surface area contributed by atoms with Crippen molar-refractivity contribution in [3.05, 3.63) is 56.7 Å². The molecule has 0 aliphatic rings. The summed E-state index contributed by atoms with van der Waals surface area (Å²) < 4.78 is 1.18. The zero-order chi connectivity index (χ0) is 12.1. The van der Waals surface area contributed by atoms with Crippen LogP contribution in [-0.4, -0.2) is 6.54 Å². The zero-order valence-corrected chi connectivity index (χ0v) is 12.0. The number of hydrogen-bond acceptors (Lipinski definition) is 2. The Morgan fingerprint density at radius 2 is 2.00 bits per heavy atom. The van der Waals surface area contributed by atoms with Crippen molar-refractivity contribution in [3.8, 4) is 0 Å². The molecular weight excluding hydrogens is 294 g/mol. The first-order valence-electron chi connectivity index (χ1n) is 5.74. The van der Waals surface area contributed by atoms with Gasteiger partial charge in [-0.1, -0.05) is 34.1 Å². The molecule has 0 bridgehead atoms. The molecule has 1 atom stereocenters. The van der Waals surface area contributed by atoms with Gasteiger partial charge < -0.3 is 5.73 Å². The second-order valence-electron chi connectivity index (χ2n) is 4.23. The highest BCUT2D eigenvalue weighted by Gasteiger charge is 2.11. The van der Waals surface area contributed by atoms with Gasteiger partial charge in [0.05, 0.1) is 0 Å². The first-order valence-corrected chi connectivity index (χ1v) is 7.47. The molecule has 0 spiro atoms. The molecule has 1 heterocycles. The third kappa shape index (κ3) is 3.66. The number of benzene rings is 1. The molecule has 1 unspecified atom stereocenters. The quantitative estimate of drug-likeness (QED) is 0.891. The molecule has 0 radical (unpaired) electrons. The topological polar surface area (TPSA) is 26.0 Å². The van der Waals surface area contributed by atoms with Crippen molar-refractivity contribution in [2.75, 3.05) is 6.54 Å². The molecule has 1 aromatic heterocycles. The van der Waals surface area contributed by atoms with Gasteiger partial charge in [0.2, 0.25) is 0 Å². The van der Waals surface area contributed by atoms with Gasteiger partial charge in [0, 0.05) is 4.47 Å². The molecule has 1 aromatic carbocycles. The fourth-order valence-electron chi connectivity index (χ4n) is 1.96. The van der Waals surface area contributed by atoms with Crippen molar-refractivity contribution in [1.29, 1.82) is 0 Å². The number of hydrogen-bond donors (Lipinski definition) is 1. The van der Waals surface area contributed by atoms with Gasteiger partial charge in [0.25, 0.3) is 0 Å². The predicted molar refractivity (Wildman–Crippen MR) is 78.4 cm³/mol. The Labute approximate surface area is 115 Å². The van der Waals surface area contributed by atoms with Crippen LogP contribution >= 0.6 is 27.3 Å². The summed E-state index contributed by atoms with van der Waals surface area (Å²) in [6.07, 6.45) is 2.11. The number of nitrogens with two attached hydrogens (primary N) is 1. The molecule has 0 saturated carbocycles. The Kier molecular flexibility index (Phi) is 4.77. The largest absolute Gasteiger partial charge is 0.330 e. The minimum atomic E-state index is 0.517. The average Bonchev–Trinajstić information content (AvgIpc) is 2.84. The lowest BCUT2D eigenvalue weighted by molar-refractivity contribution is 0.533. The van der Waals surface area contributed by atoms with E-state index in [1.165, 1.54) is 15.6 Å². The van der Waals surface area contributed by atoms with Gasteiger partial charge in [0.1, 0.15) is 0 Å². The molecule has 0 saturated heterocycles. The van der Waals surface area contributed by atoms with Crippen molar-refractivity contribution in [2.45, 2.75) is 12.8 Å². The Morgan fingerprint density at radius 1 is 1.18 bits per heavy atom. The smallest absolute Gasteiger partial charge is 0.0207 e. The van der Waals surface area contributed by atoms with E-state index in [4.69, 9.17) is 5.73 Å². The van der Waals surface area contributed by atoms with Crippen LogP contribution in [0.5, 0.6) is 0 Å². The van der Waals surface area contributed by atoms with Crippen molar-refractivity contribution in [1.82, 2.24) is 0 Å². The Morgan fingerprint density at radius 3 is 2.65 bits per heavy atom. The molecule has 0 aliphatic carbocycles. The van der Waals surface area contributed by atoms with E-state index in [-0.39, 0.29) is 0 Å². The highest BCUT2D eigenvalue weighted by molar-refractivity contribution is 9.10. The lowest BCUT2D eigenvalue weighted by Crippen LogP contribution is -2.19. The normalized spacial score (nSPS) is 12.6. The van der Waals surface area contributed by atoms with Gasteiger partial charge in [-0.25, -0.2) is 0 Å². The molecule has 0 aliphatic heterocycles. The maximum atomic E-state index is 5.88. The van der Waals surface area contributed by atoms with E-state index < -0.39 is 0 Å². The van der Waals surface area contributed by atoms with Gasteiger partial charge in [-0.05, 0) is 59.3 Å². The molecule has 2 aromatic rings. The summed E-state index contributed by atoms with van der Waals surface area (Å²) in [7, 11) is 0. The third-order valence-electron chi connectivity index (χ3n) is 2.90. The van der Waals surface area contributed by atoms with E-state index in [9.17, 15) is 0 Å². The third-order valence-corrected chi connectivity index (χ3v) is 4.41. The van der Waals surface area contributed by atoms with E-state index in [1.807, 2.05) is 6.07 Å². The minimum Gasteiger partial charge on any atom is -0.330 e. The van der Waals surface area contributed by atoms with E-state index in [1.54, 1.807) is 11.3 Å². The monoisotopic (exact) mass is 309 g/mol. The van der Waals surface area contributed by atoms with Gasteiger partial charge in [-0.2, -0.15) is 11.3 Å². The van der Waals surface area contributed by atoms with Crippen LogP contribution in [-0.2, 0) is 12.8 Å². The Balaban J connectivity index is 2.03. The first kappa shape index (κ1) is 12.8. The highest BCUT2D eigenvalue weighted by Crippen LogP contribution is 2.21. The summed E-state index contributed by atoms with van der Waals surface area (Å²) in [6.45, 7) is 0.733. The van der Waals surface area contributed by atoms with Crippen LogP contribution in [0.4, 0.5) is 0 Å². The summed E-state index contributed by atoms with van der Waals surface area (Å²) >= 11 is 5.34. The summed E-state index contributed by atoms with van der Waals surface area (Å²) in [5, 5.41) is 4.34. The molecule has 17 heavy (non-hydrogen) atoms. The number of rotatable bonds is 5. The minimum absolute atomic E-state index is 0.517. The van der Waals surface area contributed by atoms with Crippen LogP contribution in [0, 0.1) is 5.92 Å². The molecule has 1 nitrogen and oxygen atoms in total. The van der Waals surface area contributed by atoms with Crippen LogP contribution < -0.4 is 5.73 Å². The first-order chi connectivity index (χ1) is 8.29. The lowest BCUT2D eigenvalue weighted by atomic mass is 9.94. The number of halogens is 1. The summed E-state index contributed by atoms with van der Waals surface area (Å²) in [5.41, 5.74) is 8.62. The summed E-state index contributed by atoms with van der Waals surface area (Å²) in [4.78, 5) is 0. The van der Waals surface area contributed by atoms with E-state index in [0.717, 1.165) is 19.4 Å². The average molecular weight is 310 g/mol. The number of thiophene rings is 1. The molecule has 0 fully saturated rings. The van der Waals surface area contributed by atoms with Gasteiger partial charge in [-0.3, -0.25) is 0 Å². The maximum Gasteiger partial charge on any atom is 0.0207 e. The predicted octanol–water partition coefficient (Wildman–Crippen LogP) is 3.87. The molecule has 3 heteroatoms. The fraction of sp³-hybridized carbons (Fsp3) is 0.286. The highest BCUT2D eigenvalue weighted by atomic mass is 79.9. The SMILES string of the molecule is NCC(Cc1ccsc1)Cc1ccccc1Br. The van der Waals surface area contributed by atoms with Gasteiger partial charge >= 0.3 is 0 Å². The zero-order valence-electron chi connectivity index (χ0n) is 9.60. The van der Waals surface area contributed by atoms with Crippen LogP contribution in [0.2, 0.25) is 0 Å². The Bertz CT molecular complexity index is 453. The standard InChI is InChI=1S/C14H16BrNS/c15-14-4-2-1-3-13(14)8-12(9-16)7-11-5-6-17-10-11/h1-6,10,12H,7-9,16H2. The molecule has 2 N–H and O–H groups in total. The molecule has 2 rings (SSSR count). The fourth-order valence-corrected chi connectivity index (χ4v) is 3.08. The van der Waals surface area contributed by atoms with Crippen molar-refractivity contribution in [3.63, 3.8) is 0 Å². The molecule has 0 amide bonds. The Hall–Kier alpha value is -0.640. The maximum absolute atomic E-state index is 5.88. The van der Waals surface area contributed by atoms with E-state index in [0.29, 0.717) is 5.92 Å². The second-order valence-corrected chi connectivity index (χ2v) is 5.87. The van der Waals surface area contributed by atoms with Gasteiger partial charge in [-0.15, -0.1) is 0 Å². The second kappa shape index (κ2) is 6.34. The summed E-state index contributed by atoms with van der Waals surface area (Å²) in [5.74, 6) is 0.517.